The molecule has 0 fully saturated rings. The van der Waals surface area contributed by atoms with Gasteiger partial charge in [0.2, 0.25) is 0 Å². The van der Waals surface area contributed by atoms with Gasteiger partial charge in [-0.25, -0.2) is 9.98 Å². The number of hydrogen-bond donors (Lipinski definition) is 0. The zero-order valence-corrected chi connectivity index (χ0v) is 21.4. The molecule has 2 aliphatic heterocycles. The fourth-order valence-electron chi connectivity index (χ4n) is 4.28. The lowest BCUT2D eigenvalue weighted by Crippen LogP contribution is -2.34. The summed E-state index contributed by atoms with van der Waals surface area (Å²) in [6, 6.07) is 17.5. The molecule has 0 amide bonds. The highest BCUT2D eigenvalue weighted by molar-refractivity contribution is 6.05. The summed E-state index contributed by atoms with van der Waals surface area (Å²) in [7, 11) is 0. The predicted molar refractivity (Wildman–Crippen MR) is 136 cm³/mol. The number of rotatable bonds is 4. The summed E-state index contributed by atoms with van der Waals surface area (Å²) in [5.41, 5.74) is 4.79. The molecular formula is C29H38N2O2. The second kappa shape index (κ2) is 8.30. The first-order valence-electron chi connectivity index (χ1n) is 12.0. The monoisotopic (exact) mass is 446 g/mol. The van der Waals surface area contributed by atoms with Crippen LogP contribution in [0.4, 0.5) is 0 Å². The number of hydrogen-bond acceptors (Lipinski definition) is 4. The Kier molecular flexibility index (Phi) is 5.92. The number of nitrogens with zero attached hydrogens (tertiary/aromatic N) is 2. The molecule has 0 bridgehead atoms. The lowest BCUT2D eigenvalue weighted by Gasteiger charge is -2.22. The van der Waals surface area contributed by atoms with Gasteiger partial charge in [-0.05, 0) is 46.9 Å². The largest absolute Gasteiger partial charge is 0.478 e. The lowest BCUT2D eigenvalue weighted by atomic mass is 9.86. The fraction of sp³-hybridized carbons (Fsp3) is 0.517. The average Bonchev–Trinajstić information content (AvgIpc) is 3.44. The molecule has 4 nitrogen and oxygen atoms in total. The van der Waals surface area contributed by atoms with Gasteiger partial charge in [-0.15, -0.1) is 0 Å². The molecule has 0 N–H and O–H groups in total. The number of aliphatic imine (C=N–C) groups is 2. The van der Waals surface area contributed by atoms with Crippen molar-refractivity contribution < 1.29 is 9.47 Å². The van der Waals surface area contributed by atoms with Gasteiger partial charge in [0, 0.05) is 0 Å². The summed E-state index contributed by atoms with van der Waals surface area (Å²) >= 11 is 0. The lowest BCUT2D eigenvalue weighted by molar-refractivity contribution is 0.265. The molecule has 2 aliphatic rings. The van der Waals surface area contributed by atoms with Crippen LogP contribution >= 0.6 is 0 Å². The van der Waals surface area contributed by atoms with E-state index in [9.17, 15) is 0 Å². The molecule has 0 saturated heterocycles. The summed E-state index contributed by atoms with van der Waals surface area (Å²) in [6.07, 6.45) is 0. The minimum Gasteiger partial charge on any atom is -0.478 e. The Morgan fingerprint density at radius 2 is 0.909 bits per heavy atom. The maximum atomic E-state index is 6.08. The van der Waals surface area contributed by atoms with E-state index in [0.717, 1.165) is 0 Å². The van der Waals surface area contributed by atoms with Gasteiger partial charge in [-0.2, -0.15) is 0 Å². The Labute approximate surface area is 199 Å². The van der Waals surface area contributed by atoms with Crippen molar-refractivity contribution in [2.45, 2.75) is 78.3 Å². The van der Waals surface area contributed by atoms with Crippen molar-refractivity contribution in [3.05, 3.63) is 70.8 Å². The summed E-state index contributed by atoms with van der Waals surface area (Å²) < 4.78 is 12.2. The van der Waals surface area contributed by atoms with E-state index in [1.165, 1.54) is 22.3 Å². The van der Waals surface area contributed by atoms with Crippen molar-refractivity contribution >= 4 is 11.8 Å². The molecule has 33 heavy (non-hydrogen) atoms. The van der Waals surface area contributed by atoms with Crippen LogP contribution in [-0.2, 0) is 20.3 Å². The second-order valence-corrected chi connectivity index (χ2v) is 11.9. The Balaban J connectivity index is 1.50. The molecule has 0 radical (unpaired) electrons. The molecular weight excluding hydrogens is 408 g/mol. The van der Waals surface area contributed by atoms with Gasteiger partial charge >= 0.3 is 0 Å². The van der Waals surface area contributed by atoms with E-state index in [1.54, 1.807) is 0 Å². The quantitative estimate of drug-likeness (QED) is 0.510. The number of ether oxygens (including phenoxy) is 2. The molecule has 176 valence electrons. The first-order valence-corrected chi connectivity index (χ1v) is 12.0. The molecule has 2 atom stereocenters. The predicted octanol–water partition coefficient (Wildman–Crippen LogP) is 6.95. The van der Waals surface area contributed by atoms with E-state index < -0.39 is 5.41 Å². The van der Waals surface area contributed by atoms with Crippen LogP contribution in [0.1, 0.15) is 89.7 Å². The first-order chi connectivity index (χ1) is 15.4. The maximum Gasteiger partial charge on any atom is 0.199 e. The normalized spacial score (nSPS) is 21.3. The second-order valence-electron chi connectivity index (χ2n) is 11.9. The third-order valence-electron chi connectivity index (χ3n) is 6.69. The van der Waals surface area contributed by atoms with Crippen molar-refractivity contribution in [2.75, 3.05) is 13.2 Å². The molecule has 0 saturated carbocycles. The molecule has 0 unspecified atom stereocenters. The summed E-state index contributed by atoms with van der Waals surface area (Å²) in [5.74, 6) is 1.41. The van der Waals surface area contributed by atoms with Crippen LogP contribution in [0.3, 0.4) is 0 Å². The van der Waals surface area contributed by atoms with Gasteiger partial charge in [-0.3, -0.25) is 0 Å². The summed E-state index contributed by atoms with van der Waals surface area (Å²) in [6.45, 7) is 18.7. The van der Waals surface area contributed by atoms with E-state index in [2.05, 4.69) is 104 Å². The van der Waals surface area contributed by atoms with Crippen LogP contribution in [-0.4, -0.2) is 25.0 Å². The van der Waals surface area contributed by atoms with Crippen LogP contribution in [0.5, 0.6) is 0 Å². The maximum absolute atomic E-state index is 6.08. The van der Waals surface area contributed by atoms with E-state index >= 15 is 0 Å². The zero-order chi connectivity index (χ0) is 24.0. The molecule has 4 rings (SSSR count). The van der Waals surface area contributed by atoms with Crippen molar-refractivity contribution in [2.24, 2.45) is 15.4 Å². The van der Waals surface area contributed by atoms with Gasteiger partial charge < -0.3 is 9.47 Å². The third-order valence-corrected chi connectivity index (χ3v) is 6.69. The molecule has 0 spiro atoms. The Hall–Kier alpha value is -2.62. The van der Waals surface area contributed by atoms with E-state index in [4.69, 9.17) is 19.5 Å². The summed E-state index contributed by atoms with van der Waals surface area (Å²) in [5, 5.41) is 0. The topological polar surface area (TPSA) is 43.2 Å². The van der Waals surface area contributed by atoms with Crippen LogP contribution in [0.25, 0.3) is 0 Å². The van der Waals surface area contributed by atoms with E-state index in [1.807, 2.05) is 0 Å². The van der Waals surface area contributed by atoms with Crippen LogP contribution < -0.4 is 0 Å². The van der Waals surface area contributed by atoms with Crippen LogP contribution in [0.2, 0.25) is 0 Å². The molecule has 2 aromatic carbocycles. The van der Waals surface area contributed by atoms with E-state index in [-0.39, 0.29) is 22.9 Å². The Morgan fingerprint density at radius 3 is 1.21 bits per heavy atom. The number of benzene rings is 2. The molecule has 2 aromatic rings. The fourth-order valence-corrected chi connectivity index (χ4v) is 4.28. The molecule has 2 heterocycles. The van der Waals surface area contributed by atoms with Crippen molar-refractivity contribution in [1.29, 1.82) is 0 Å². The molecule has 0 aromatic heterocycles. The van der Waals surface area contributed by atoms with Gasteiger partial charge in [0.15, 0.2) is 11.8 Å². The SMILES string of the molecule is CC(C)(C1=N[C@H](c2ccc(C(C)(C)C)cc2)CO1)C1=N[C@H](c2ccc(C(C)(C)C)cc2)CO1. The summed E-state index contributed by atoms with van der Waals surface area (Å²) in [4.78, 5) is 9.87. The van der Waals surface area contributed by atoms with Crippen molar-refractivity contribution in [1.82, 2.24) is 0 Å². The minimum atomic E-state index is -0.500. The van der Waals surface area contributed by atoms with Gasteiger partial charge in [0.1, 0.15) is 30.7 Å². The Bertz CT molecular complexity index is 963. The van der Waals surface area contributed by atoms with E-state index in [0.29, 0.717) is 25.0 Å². The highest BCUT2D eigenvalue weighted by atomic mass is 16.5. The van der Waals surface area contributed by atoms with Crippen LogP contribution in [0, 0.1) is 5.41 Å². The van der Waals surface area contributed by atoms with Gasteiger partial charge in [0.05, 0.1) is 0 Å². The van der Waals surface area contributed by atoms with Crippen LogP contribution in [0.15, 0.2) is 58.5 Å². The minimum absolute atomic E-state index is 0.0102. The highest BCUT2D eigenvalue weighted by Crippen LogP contribution is 2.36. The Morgan fingerprint density at radius 1 is 0.576 bits per heavy atom. The zero-order valence-electron chi connectivity index (χ0n) is 21.4. The standard InChI is InChI=1S/C29H38N2O2/c1-27(2,3)21-13-9-19(10-14-21)23-17-32-25(30-23)29(7,8)26-31-24(18-33-26)20-11-15-22(16-12-20)28(4,5)6/h9-16,23-24H,17-18H2,1-8H3/t23-,24-/m0/s1. The van der Waals surface area contributed by atoms with Gasteiger partial charge in [-0.1, -0.05) is 90.1 Å². The van der Waals surface area contributed by atoms with Crippen molar-refractivity contribution in [3.8, 4) is 0 Å². The first kappa shape index (κ1) is 23.5. The third kappa shape index (κ3) is 4.85. The molecule has 0 aliphatic carbocycles. The smallest absolute Gasteiger partial charge is 0.199 e. The highest BCUT2D eigenvalue weighted by Gasteiger charge is 2.41. The van der Waals surface area contributed by atoms with Crippen molar-refractivity contribution in [3.63, 3.8) is 0 Å². The van der Waals surface area contributed by atoms with Gasteiger partial charge in [0.25, 0.3) is 0 Å². The molecule has 4 heteroatoms. The average molecular weight is 447 g/mol.